The number of aryl methyl sites for hydroxylation is 1. The highest BCUT2D eigenvalue weighted by Crippen LogP contribution is 2.37. The van der Waals surface area contributed by atoms with Crippen LogP contribution in [0, 0.1) is 5.92 Å². The van der Waals surface area contributed by atoms with E-state index in [2.05, 4.69) is 38.1 Å². The van der Waals surface area contributed by atoms with Crippen LogP contribution in [0.4, 0.5) is 0 Å². The first-order valence-corrected chi connectivity index (χ1v) is 6.52. The molecule has 16 heavy (non-hydrogen) atoms. The number of hydrogen-bond donors (Lipinski definition) is 1. The summed E-state index contributed by atoms with van der Waals surface area (Å²) in [6.07, 6.45) is 5.92. The summed E-state index contributed by atoms with van der Waals surface area (Å²) in [6, 6.07) is 8.91. The highest BCUT2D eigenvalue weighted by Gasteiger charge is 2.31. The summed E-state index contributed by atoms with van der Waals surface area (Å²) in [7, 11) is 0. The molecule has 2 N–H and O–H groups in total. The van der Waals surface area contributed by atoms with Crippen LogP contribution in [0.3, 0.4) is 0 Å². The Labute approximate surface area is 99.0 Å². The summed E-state index contributed by atoms with van der Waals surface area (Å²) in [5.74, 6) is 0.853. The second kappa shape index (κ2) is 4.58. The van der Waals surface area contributed by atoms with Gasteiger partial charge in [-0.1, -0.05) is 38.1 Å². The van der Waals surface area contributed by atoms with Gasteiger partial charge in [0.2, 0.25) is 0 Å². The van der Waals surface area contributed by atoms with Crippen LogP contribution in [0.15, 0.2) is 24.3 Å². The molecule has 0 unspecified atom stereocenters. The van der Waals surface area contributed by atoms with Crippen molar-refractivity contribution in [2.45, 2.75) is 51.5 Å². The summed E-state index contributed by atoms with van der Waals surface area (Å²) < 4.78 is 0. The fraction of sp³-hybridized carbons (Fsp3) is 0.600. The molecule has 0 aliphatic heterocycles. The van der Waals surface area contributed by atoms with Crippen LogP contribution in [0.1, 0.15) is 50.7 Å². The summed E-state index contributed by atoms with van der Waals surface area (Å²) >= 11 is 0. The molecule has 0 radical (unpaired) electrons. The van der Waals surface area contributed by atoms with E-state index in [1.165, 1.54) is 24.0 Å². The van der Waals surface area contributed by atoms with Crippen molar-refractivity contribution >= 4 is 0 Å². The summed E-state index contributed by atoms with van der Waals surface area (Å²) in [5.41, 5.74) is 9.21. The van der Waals surface area contributed by atoms with Crippen LogP contribution in [-0.4, -0.2) is 0 Å². The molecule has 0 saturated heterocycles. The molecule has 0 bridgehead atoms. The molecule has 1 saturated carbocycles. The average molecular weight is 217 g/mol. The van der Waals surface area contributed by atoms with Gasteiger partial charge in [0.05, 0.1) is 0 Å². The minimum atomic E-state index is -0.0568. The normalized spacial score (nSPS) is 30.3. The highest BCUT2D eigenvalue weighted by atomic mass is 14.7. The zero-order chi connectivity index (χ0) is 11.6. The third-order valence-corrected chi connectivity index (χ3v) is 4.10. The van der Waals surface area contributed by atoms with Crippen molar-refractivity contribution in [3.05, 3.63) is 35.4 Å². The third kappa shape index (κ3) is 2.30. The lowest BCUT2D eigenvalue weighted by Crippen LogP contribution is -2.40. The Kier molecular flexibility index (Phi) is 3.34. The van der Waals surface area contributed by atoms with E-state index in [1.807, 2.05) is 0 Å². The molecule has 1 aliphatic rings. The summed E-state index contributed by atoms with van der Waals surface area (Å²) in [5, 5.41) is 0. The van der Waals surface area contributed by atoms with Crippen LogP contribution in [-0.2, 0) is 12.0 Å². The first kappa shape index (κ1) is 11.7. The molecule has 0 heterocycles. The minimum Gasteiger partial charge on any atom is -0.321 e. The van der Waals surface area contributed by atoms with E-state index in [0.717, 1.165) is 25.2 Å². The summed E-state index contributed by atoms with van der Waals surface area (Å²) in [6.45, 7) is 4.52. The number of hydrogen-bond acceptors (Lipinski definition) is 1. The predicted octanol–water partition coefficient (Wildman–Crippen LogP) is 3.61. The first-order valence-electron chi connectivity index (χ1n) is 6.52. The van der Waals surface area contributed by atoms with E-state index in [4.69, 9.17) is 5.73 Å². The Balaban J connectivity index is 2.16. The summed E-state index contributed by atoms with van der Waals surface area (Å²) in [4.78, 5) is 0. The quantitative estimate of drug-likeness (QED) is 0.804. The minimum absolute atomic E-state index is 0.0568. The van der Waals surface area contributed by atoms with Crippen molar-refractivity contribution in [1.82, 2.24) is 0 Å². The van der Waals surface area contributed by atoms with E-state index >= 15 is 0 Å². The maximum atomic E-state index is 6.53. The molecule has 1 heteroatoms. The van der Waals surface area contributed by atoms with Crippen molar-refractivity contribution in [1.29, 1.82) is 0 Å². The molecule has 0 amide bonds. The molecule has 1 aromatic carbocycles. The van der Waals surface area contributed by atoms with E-state index < -0.39 is 0 Å². The number of benzene rings is 1. The van der Waals surface area contributed by atoms with E-state index in [0.29, 0.717) is 0 Å². The van der Waals surface area contributed by atoms with Crippen LogP contribution in [0.25, 0.3) is 0 Å². The maximum Gasteiger partial charge on any atom is 0.0409 e. The zero-order valence-corrected chi connectivity index (χ0v) is 10.5. The lowest BCUT2D eigenvalue weighted by atomic mass is 9.74. The fourth-order valence-corrected chi connectivity index (χ4v) is 2.64. The lowest BCUT2D eigenvalue weighted by Gasteiger charge is -2.36. The molecule has 1 aliphatic carbocycles. The van der Waals surface area contributed by atoms with Gasteiger partial charge in [-0.3, -0.25) is 0 Å². The second-order valence-corrected chi connectivity index (χ2v) is 5.39. The van der Waals surface area contributed by atoms with Gasteiger partial charge in [0.1, 0.15) is 0 Å². The maximum absolute atomic E-state index is 6.53. The third-order valence-electron chi connectivity index (χ3n) is 4.10. The standard InChI is InChI=1S/C15H23N/c1-3-13-4-6-14(7-5-13)15(16)10-8-12(2)9-11-15/h4-7,12H,3,8-11,16H2,1-2H3. The zero-order valence-electron chi connectivity index (χ0n) is 10.5. The molecule has 1 aromatic rings. The molecule has 1 fully saturated rings. The monoisotopic (exact) mass is 217 g/mol. The largest absolute Gasteiger partial charge is 0.321 e. The topological polar surface area (TPSA) is 26.0 Å². The van der Waals surface area contributed by atoms with Crippen molar-refractivity contribution in [3.8, 4) is 0 Å². The van der Waals surface area contributed by atoms with Crippen molar-refractivity contribution < 1.29 is 0 Å². The van der Waals surface area contributed by atoms with Crippen LogP contribution < -0.4 is 5.73 Å². The SMILES string of the molecule is CCc1ccc(C2(N)CCC(C)CC2)cc1. The lowest BCUT2D eigenvalue weighted by molar-refractivity contribution is 0.248. The van der Waals surface area contributed by atoms with Gasteiger partial charge in [-0.25, -0.2) is 0 Å². The first-order chi connectivity index (χ1) is 7.64. The van der Waals surface area contributed by atoms with Gasteiger partial charge in [0, 0.05) is 5.54 Å². The predicted molar refractivity (Wildman–Crippen MR) is 69.3 cm³/mol. The van der Waals surface area contributed by atoms with Crippen molar-refractivity contribution in [3.63, 3.8) is 0 Å². The van der Waals surface area contributed by atoms with Gasteiger partial charge in [0.25, 0.3) is 0 Å². The molecule has 0 atom stereocenters. The Morgan fingerprint density at radius 3 is 2.25 bits per heavy atom. The number of rotatable bonds is 2. The second-order valence-electron chi connectivity index (χ2n) is 5.39. The van der Waals surface area contributed by atoms with Gasteiger partial charge >= 0.3 is 0 Å². The number of nitrogens with two attached hydrogens (primary N) is 1. The van der Waals surface area contributed by atoms with Gasteiger partial charge in [0.15, 0.2) is 0 Å². The van der Waals surface area contributed by atoms with E-state index in [-0.39, 0.29) is 5.54 Å². The van der Waals surface area contributed by atoms with E-state index in [9.17, 15) is 0 Å². The molecule has 1 nitrogen and oxygen atoms in total. The highest BCUT2D eigenvalue weighted by molar-refractivity contribution is 5.28. The van der Waals surface area contributed by atoms with Gasteiger partial charge in [-0.2, -0.15) is 0 Å². The molecule has 88 valence electrons. The smallest absolute Gasteiger partial charge is 0.0409 e. The Bertz CT molecular complexity index is 331. The van der Waals surface area contributed by atoms with Crippen molar-refractivity contribution in [2.75, 3.05) is 0 Å². The van der Waals surface area contributed by atoms with Crippen LogP contribution in [0.5, 0.6) is 0 Å². The fourth-order valence-electron chi connectivity index (χ4n) is 2.64. The van der Waals surface area contributed by atoms with Crippen LogP contribution in [0.2, 0.25) is 0 Å². The Hall–Kier alpha value is -0.820. The van der Waals surface area contributed by atoms with E-state index in [1.54, 1.807) is 0 Å². The average Bonchev–Trinajstić information content (AvgIpc) is 2.33. The molecular weight excluding hydrogens is 194 g/mol. The molecule has 0 aromatic heterocycles. The van der Waals surface area contributed by atoms with Crippen LogP contribution >= 0.6 is 0 Å². The molecule has 0 spiro atoms. The van der Waals surface area contributed by atoms with Gasteiger partial charge in [-0.05, 0) is 49.1 Å². The molecular formula is C15H23N. The molecule has 2 rings (SSSR count). The van der Waals surface area contributed by atoms with Gasteiger partial charge < -0.3 is 5.73 Å². The Morgan fingerprint density at radius 2 is 1.75 bits per heavy atom. The Morgan fingerprint density at radius 1 is 1.19 bits per heavy atom. The van der Waals surface area contributed by atoms with Gasteiger partial charge in [-0.15, -0.1) is 0 Å². The van der Waals surface area contributed by atoms with Crippen molar-refractivity contribution in [2.24, 2.45) is 11.7 Å².